The van der Waals surface area contributed by atoms with Crippen molar-refractivity contribution >= 4 is 17.9 Å². The Morgan fingerprint density at radius 3 is 2.37 bits per heavy atom. The Balaban J connectivity index is 1.26. The van der Waals surface area contributed by atoms with Gasteiger partial charge in [0.2, 0.25) is 11.8 Å². The zero-order valence-corrected chi connectivity index (χ0v) is 25.5. The summed E-state index contributed by atoms with van der Waals surface area (Å²) >= 11 is 0. The largest absolute Gasteiger partial charge is 0.507 e. The van der Waals surface area contributed by atoms with E-state index >= 15 is 0 Å². The number of aliphatic hydroxyl groups excluding tert-OH is 2. The van der Waals surface area contributed by atoms with Gasteiger partial charge < -0.3 is 15.3 Å². The molecule has 5 rings (SSSR count). The molecule has 7 heteroatoms. The van der Waals surface area contributed by atoms with E-state index in [9.17, 15) is 24.9 Å². The molecular weight excluding hydrogens is 540 g/mol. The summed E-state index contributed by atoms with van der Waals surface area (Å²) in [5.74, 6) is -1.73. The molecule has 2 aliphatic heterocycles. The third kappa shape index (κ3) is 6.79. The Bertz CT molecular complexity index is 1340. The van der Waals surface area contributed by atoms with E-state index in [0.717, 1.165) is 67.6 Å². The first kappa shape index (κ1) is 31.2. The molecule has 2 heterocycles. The normalized spacial score (nSPS) is 24.5. The number of fused-ring (bicyclic) bond motifs is 1. The molecule has 0 unspecified atom stereocenters. The molecule has 3 N–H and O–H groups in total. The van der Waals surface area contributed by atoms with Gasteiger partial charge in [0.15, 0.2) is 0 Å². The number of nitrogens with zero attached hydrogens (tertiary/aromatic N) is 2. The van der Waals surface area contributed by atoms with Crippen LogP contribution in [0.4, 0.5) is 0 Å². The number of allylic oxidation sites excluding steroid dienone is 2. The predicted molar refractivity (Wildman–Crippen MR) is 168 cm³/mol. The number of carbonyl (C=O) groups is 2. The topological polar surface area (TPSA) is 101 Å². The van der Waals surface area contributed by atoms with Crippen LogP contribution in [0.3, 0.4) is 0 Å². The summed E-state index contributed by atoms with van der Waals surface area (Å²) in [4.78, 5) is 31.5. The monoisotopic (exact) mass is 586 g/mol. The molecule has 2 aromatic carbocycles. The highest BCUT2D eigenvalue weighted by molar-refractivity contribution is 6.06. The lowest BCUT2D eigenvalue weighted by Crippen LogP contribution is -2.47. The minimum absolute atomic E-state index is 0.112. The maximum atomic E-state index is 13.9. The molecule has 43 heavy (non-hydrogen) atoms. The number of amides is 2. The molecular formula is C36H46N2O5. The molecule has 230 valence electrons. The number of benzene rings is 2. The smallest absolute Gasteiger partial charge is 0.234 e. The lowest BCUT2D eigenvalue weighted by atomic mass is 9.68. The summed E-state index contributed by atoms with van der Waals surface area (Å²) in [6, 6.07) is 17.4. The molecule has 4 atom stereocenters. The number of hydrogen-bond acceptors (Lipinski definition) is 6. The summed E-state index contributed by atoms with van der Waals surface area (Å²) in [5.41, 5.74) is 4.78. The van der Waals surface area contributed by atoms with E-state index in [-0.39, 0.29) is 30.2 Å². The summed E-state index contributed by atoms with van der Waals surface area (Å²) in [6.45, 7) is 6.27. The lowest BCUT2D eigenvalue weighted by molar-refractivity contribution is -0.144. The quantitative estimate of drug-likeness (QED) is 0.244. The number of phenolic OH excluding ortho intramolecular Hbond substituents is 1. The van der Waals surface area contributed by atoms with Gasteiger partial charge in [-0.3, -0.25) is 19.4 Å². The average molecular weight is 587 g/mol. The van der Waals surface area contributed by atoms with Gasteiger partial charge in [-0.05, 0) is 62.7 Å². The van der Waals surface area contributed by atoms with Gasteiger partial charge in [0, 0.05) is 37.2 Å². The minimum Gasteiger partial charge on any atom is -0.507 e. The molecule has 0 spiro atoms. The van der Waals surface area contributed by atoms with Crippen LogP contribution in [-0.4, -0.2) is 68.8 Å². The Morgan fingerprint density at radius 1 is 1.00 bits per heavy atom. The molecule has 1 aliphatic carbocycles. The highest BCUT2D eigenvalue weighted by Crippen LogP contribution is 2.47. The van der Waals surface area contributed by atoms with Gasteiger partial charge in [-0.1, -0.05) is 79.1 Å². The van der Waals surface area contributed by atoms with Crippen LogP contribution in [0.2, 0.25) is 0 Å². The van der Waals surface area contributed by atoms with E-state index in [1.807, 2.05) is 43.3 Å². The number of phenols is 1. The minimum atomic E-state index is -0.819. The molecule has 0 radical (unpaired) electrons. The highest BCUT2D eigenvalue weighted by Gasteiger charge is 2.56. The van der Waals surface area contributed by atoms with Crippen molar-refractivity contribution < 1.29 is 24.9 Å². The fourth-order valence-electron chi connectivity index (χ4n) is 7.58. The van der Waals surface area contributed by atoms with Gasteiger partial charge in [0.1, 0.15) is 5.75 Å². The van der Waals surface area contributed by atoms with E-state index < -0.39 is 23.9 Å². The Labute approximate surface area is 255 Å². The number of para-hydroxylation sites is 1. The molecule has 3 aliphatic rings. The van der Waals surface area contributed by atoms with Gasteiger partial charge in [-0.25, -0.2) is 0 Å². The second-order valence-electron chi connectivity index (χ2n) is 12.6. The fourth-order valence-corrected chi connectivity index (χ4v) is 7.58. The van der Waals surface area contributed by atoms with Crippen molar-refractivity contribution in [2.75, 3.05) is 19.7 Å². The summed E-state index contributed by atoms with van der Waals surface area (Å²) in [5, 5.41) is 32.3. The van der Waals surface area contributed by atoms with Crippen molar-refractivity contribution in [3.8, 4) is 5.75 Å². The van der Waals surface area contributed by atoms with Gasteiger partial charge in [-0.2, -0.15) is 0 Å². The number of likely N-dealkylation sites (tertiary alicyclic amines) is 2. The van der Waals surface area contributed by atoms with Gasteiger partial charge in [0.25, 0.3) is 0 Å². The third-order valence-corrected chi connectivity index (χ3v) is 9.70. The number of piperidine rings is 1. The number of imide groups is 1. The Kier molecular flexibility index (Phi) is 10.2. The number of hydrogen-bond donors (Lipinski definition) is 3. The van der Waals surface area contributed by atoms with Crippen LogP contribution in [0.15, 0.2) is 71.3 Å². The molecule has 7 nitrogen and oxygen atoms in total. The maximum Gasteiger partial charge on any atom is 0.234 e. The van der Waals surface area contributed by atoms with Crippen molar-refractivity contribution in [2.45, 2.75) is 77.5 Å². The molecule has 2 amide bonds. The average Bonchev–Trinajstić information content (AvgIpc) is 3.25. The zero-order chi connectivity index (χ0) is 30.5. The second-order valence-corrected chi connectivity index (χ2v) is 12.6. The van der Waals surface area contributed by atoms with Crippen molar-refractivity contribution in [1.29, 1.82) is 0 Å². The van der Waals surface area contributed by atoms with Crippen LogP contribution in [0.5, 0.6) is 5.75 Å². The van der Waals surface area contributed by atoms with Crippen LogP contribution >= 0.6 is 0 Å². The van der Waals surface area contributed by atoms with Crippen LogP contribution in [0, 0.1) is 17.8 Å². The van der Waals surface area contributed by atoms with Gasteiger partial charge >= 0.3 is 0 Å². The van der Waals surface area contributed by atoms with Crippen LogP contribution < -0.4 is 0 Å². The number of aliphatic hydroxyl groups is 2. The molecule has 2 saturated heterocycles. The molecule has 2 fully saturated rings. The van der Waals surface area contributed by atoms with Gasteiger partial charge in [0.05, 0.1) is 24.5 Å². The number of rotatable bonds is 11. The maximum absolute atomic E-state index is 13.9. The molecule has 2 aromatic rings. The van der Waals surface area contributed by atoms with Crippen molar-refractivity contribution in [1.82, 2.24) is 9.80 Å². The number of aromatic hydroxyl groups is 1. The van der Waals surface area contributed by atoms with Crippen molar-refractivity contribution in [3.63, 3.8) is 0 Å². The third-order valence-electron chi connectivity index (χ3n) is 9.70. The van der Waals surface area contributed by atoms with Crippen molar-refractivity contribution in [3.05, 3.63) is 82.4 Å². The summed E-state index contributed by atoms with van der Waals surface area (Å²) in [6.07, 6.45) is 5.99. The Hall–Kier alpha value is -3.26. The van der Waals surface area contributed by atoms with Crippen LogP contribution in [0.25, 0.3) is 6.08 Å². The SMILES string of the molecule is CCC/C(=C\c1ccccc1O)CC[C@@H](O)C1=C(C)C[C@H]2C(=O)N(C3CCN(Cc4ccccc4)CC3)C(=O)[C@H]2[C@H]1CO. The molecule has 0 saturated carbocycles. The van der Waals surface area contributed by atoms with E-state index in [4.69, 9.17) is 0 Å². The van der Waals surface area contributed by atoms with E-state index in [2.05, 4.69) is 24.0 Å². The van der Waals surface area contributed by atoms with Crippen LogP contribution in [-0.2, 0) is 16.1 Å². The highest BCUT2D eigenvalue weighted by atomic mass is 16.3. The number of carbonyl (C=O) groups excluding carboxylic acids is 2. The first-order chi connectivity index (χ1) is 20.8. The summed E-state index contributed by atoms with van der Waals surface area (Å²) < 4.78 is 0. The summed E-state index contributed by atoms with van der Waals surface area (Å²) in [7, 11) is 0. The predicted octanol–water partition coefficient (Wildman–Crippen LogP) is 5.31. The first-order valence-electron chi connectivity index (χ1n) is 15.9. The zero-order valence-electron chi connectivity index (χ0n) is 25.5. The molecule has 0 bridgehead atoms. The van der Waals surface area contributed by atoms with E-state index in [1.54, 1.807) is 12.1 Å². The standard InChI is InChI=1S/C36H46N2O5/c1-3-9-25(21-27-12-7-8-13-31(27)40)14-15-32(41)33-24(2)20-29-34(30(33)23-39)36(43)38(35(29)42)28-16-18-37(19-17-28)22-26-10-5-4-6-11-26/h4-8,10-13,21,28-30,32,34,39-41H,3,9,14-20,22-23H2,1-2H3/b25-21+/t29-,30+,32-,34-/m1/s1. The lowest BCUT2D eigenvalue weighted by Gasteiger charge is -2.36. The second kappa shape index (κ2) is 14.0. The van der Waals surface area contributed by atoms with Crippen LogP contribution in [0.1, 0.15) is 69.9 Å². The van der Waals surface area contributed by atoms with E-state index in [1.165, 1.54) is 10.5 Å². The van der Waals surface area contributed by atoms with E-state index in [0.29, 0.717) is 19.3 Å². The fraction of sp³-hybridized carbons (Fsp3) is 0.500. The van der Waals surface area contributed by atoms with Crippen molar-refractivity contribution in [2.24, 2.45) is 17.8 Å². The Morgan fingerprint density at radius 2 is 1.70 bits per heavy atom. The van der Waals surface area contributed by atoms with Gasteiger partial charge in [-0.15, -0.1) is 0 Å². The molecule has 0 aromatic heterocycles. The first-order valence-corrected chi connectivity index (χ1v) is 15.9.